The maximum Gasteiger partial charge on any atom is 0.333 e. The lowest BCUT2D eigenvalue weighted by atomic mass is 10.3. The van der Waals surface area contributed by atoms with Crippen LogP contribution in [0.15, 0.2) is 11.6 Å². The molecule has 0 amide bonds. The third-order valence-electron chi connectivity index (χ3n) is 7.78. The number of carbonyl (C=O) groups is 1. The fraction of sp³-hybridized carbons (Fsp3) is 0.930. The normalized spacial score (nSPS) is 11.9. The largest absolute Gasteiger partial charge is 0.460 e. The van der Waals surface area contributed by atoms with E-state index < -0.39 is 0 Å². The van der Waals surface area contributed by atoms with E-state index in [0.717, 1.165) is 0 Å². The molecular formula is C43H84O21. The van der Waals surface area contributed by atoms with Gasteiger partial charge in [-0.05, 0) is 13.8 Å². The molecule has 1 N–H and O–H groups in total. The van der Waals surface area contributed by atoms with Gasteiger partial charge in [0.2, 0.25) is 0 Å². The highest BCUT2D eigenvalue weighted by Gasteiger charge is 2.04. The molecule has 0 saturated carbocycles. The van der Waals surface area contributed by atoms with E-state index in [1.807, 2.05) is 0 Å². The molecule has 0 aliphatic rings. The van der Waals surface area contributed by atoms with Crippen molar-refractivity contribution in [2.24, 2.45) is 0 Å². The van der Waals surface area contributed by atoms with Crippen molar-refractivity contribution in [2.75, 3.05) is 251 Å². The first kappa shape index (κ1) is 62.4. The van der Waals surface area contributed by atoms with Crippen LogP contribution in [0.25, 0.3) is 0 Å². The molecule has 0 bridgehead atoms. The highest BCUT2D eigenvalue weighted by molar-refractivity contribution is 5.87. The zero-order chi connectivity index (χ0) is 46.2. The lowest BCUT2D eigenvalue weighted by Crippen LogP contribution is -2.16. The van der Waals surface area contributed by atoms with E-state index in [9.17, 15) is 4.79 Å². The van der Waals surface area contributed by atoms with E-state index in [1.165, 1.54) is 0 Å². The SMILES string of the molecule is CC=C(C)C(=O)OCCOCCOCCOCCOCCOCCOCCOCCOCCOCCOCCOCCOCCOCCOCCOCCOCCOCCOCCO. The highest BCUT2D eigenvalue weighted by Crippen LogP contribution is 1.96. The van der Waals surface area contributed by atoms with Crippen molar-refractivity contribution < 1.29 is 99.9 Å². The average molecular weight is 937 g/mol. The second kappa shape index (κ2) is 57.6. The first-order chi connectivity index (χ1) is 31.7. The summed E-state index contributed by atoms with van der Waals surface area (Å²) < 4.78 is 103. The summed E-state index contributed by atoms with van der Waals surface area (Å²) in [5.41, 5.74) is 0.578. The Morgan fingerprint density at radius 1 is 0.281 bits per heavy atom. The first-order valence-electron chi connectivity index (χ1n) is 22.5. The van der Waals surface area contributed by atoms with Crippen LogP contribution in [0.2, 0.25) is 0 Å². The van der Waals surface area contributed by atoms with Crippen LogP contribution in [0.1, 0.15) is 13.8 Å². The molecule has 0 aromatic rings. The molecule has 0 spiro atoms. The van der Waals surface area contributed by atoms with E-state index in [0.29, 0.717) is 243 Å². The van der Waals surface area contributed by atoms with E-state index in [1.54, 1.807) is 19.9 Å². The lowest BCUT2D eigenvalue weighted by Gasteiger charge is -2.09. The van der Waals surface area contributed by atoms with E-state index in [4.69, 9.17) is 95.1 Å². The predicted octanol–water partition coefficient (Wildman–Crippen LogP) is 0.787. The average Bonchev–Trinajstić information content (AvgIpc) is 3.31. The van der Waals surface area contributed by atoms with Crippen LogP contribution in [0.3, 0.4) is 0 Å². The van der Waals surface area contributed by atoms with Crippen LogP contribution in [0, 0.1) is 0 Å². The number of allylic oxidation sites excluding steroid dienone is 1. The number of ether oxygens (including phenoxy) is 19. The standard InChI is InChI=1S/C43H84O21/c1-3-42(2)43(45)64-41-40-63-39-38-62-37-36-61-35-34-60-33-32-59-31-30-58-29-28-57-27-26-56-25-24-55-23-22-54-21-20-53-19-18-52-17-16-51-15-14-50-13-12-49-11-10-48-9-8-47-7-6-46-5-4-44/h3,44H,4-41H2,1-2H3. The summed E-state index contributed by atoms with van der Waals surface area (Å²) >= 11 is 0. The maximum absolute atomic E-state index is 11.5. The van der Waals surface area contributed by atoms with Crippen molar-refractivity contribution in [1.29, 1.82) is 0 Å². The Morgan fingerprint density at radius 3 is 0.562 bits per heavy atom. The summed E-state index contributed by atoms with van der Waals surface area (Å²) in [6.45, 7) is 20.8. The van der Waals surface area contributed by atoms with Crippen molar-refractivity contribution in [2.45, 2.75) is 13.8 Å². The number of carbonyl (C=O) groups excluding carboxylic acids is 1. The third kappa shape index (κ3) is 54.8. The van der Waals surface area contributed by atoms with Gasteiger partial charge in [-0.1, -0.05) is 6.08 Å². The Kier molecular flexibility index (Phi) is 56.2. The second-order valence-corrected chi connectivity index (χ2v) is 12.9. The van der Waals surface area contributed by atoms with Crippen LogP contribution in [-0.2, 0) is 94.8 Å². The van der Waals surface area contributed by atoms with Gasteiger partial charge in [-0.25, -0.2) is 4.79 Å². The Morgan fingerprint density at radius 2 is 0.422 bits per heavy atom. The molecule has 0 aromatic heterocycles. The first-order valence-corrected chi connectivity index (χ1v) is 22.5. The van der Waals surface area contributed by atoms with Crippen LogP contribution >= 0.6 is 0 Å². The van der Waals surface area contributed by atoms with Gasteiger partial charge in [0, 0.05) is 5.57 Å². The fourth-order valence-electron chi connectivity index (χ4n) is 4.33. The Bertz CT molecular complexity index is 922. The summed E-state index contributed by atoms with van der Waals surface area (Å²) in [5.74, 6) is -0.327. The zero-order valence-corrected chi connectivity index (χ0v) is 39.1. The summed E-state index contributed by atoms with van der Waals surface area (Å²) in [4.78, 5) is 11.5. The molecule has 0 radical (unpaired) electrons. The number of aliphatic hydroxyl groups is 1. The molecule has 0 rings (SSSR count). The Balaban J connectivity index is 3.09. The minimum atomic E-state index is -0.327. The third-order valence-corrected chi connectivity index (χ3v) is 7.78. The number of hydrogen-bond acceptors (Lipinski definition) is 21. The monoisotopic (exact) mass is 937 g/mol. The number of aliphatic hydroxyl groups excluding tert-OH is 1. The van der Waals surface area contributed by atoms with E-state index in [-0.39, 0.29) is 19.2 Å². The van der Waals surface area contributed by atoms with Crippen LogP contribution in [0.5, 0.6) is 0 Å². The van der Waals surface area contributed by atoms with Crippen molar-refractivity contribution in [3.8, 4) is 0 Å². The summed E-state index contributed by atoms with van der Waals surface area (Å²) in [7, 11) is 0. The molecule has 21 heteroatoms. The molecule has 0 aliphatic carbocycles. The molecule has 0 aromatic carbocycles. The molecule has 0 fully saturated rings. The number of hydrogen-bond donors (Lipinski definition) is 1. The molecule has 0 atom stereocenters. The second-order valence-electron chi connectivity index (χ2n) is 12.9. The van der Waals surface area contributed by atoms with Gasteiger partial charge in [-0.15, -0.1) is 0 Å². The molecule has 0 heterocycles. The minimum absolute atomic E-state index is 0.0188. The summed E-state index contributed by atoms with van der Waals surface area (Å²) in [5, 5.41) is 8.60. The summed E-state index contributed by atoms with van der Waals surface area (Å²) in [6.07, 6.45) is 1.71. The van der Waals surface area contributed by atoms with Gasteiger partial charge >= 0.3 is 5.97 Å². The maximum atomic E-state index is 11.5. The van der Waals surface area contributed by atoms with Gasteiger partial charge in [-0.2, -0.15) is 0 Å². The van der Waals surface area contributed by atoms with Gasteiger partial charge in [-0.3, -0.25) is 0 Å². The van der Waals surface area contributed by atoms with Gasteiger partial charge in [0.1, 0.15) is 6.61 Å². The molecule has 21 nitrogen and oxygen atoms in total. The molecule has 64 heavy (non-hydrogen) atoms. The van der Waals surface area contributed by atoms with E-state index >= 15 is 0 Å². The molecule has 0 aliphatic heterocycles. The van der Waals surface area contributed by atoms with Crippen LogP contribution < -0.4 is 0 Å². The van der Waals surface area contributed by atoms with Crippen molar-refractivity contribution in [1.82, 2.24) is 0 Å². The van der Waals surface area contributed by atoms with Gasteiger partial charge < -0.3 is 95.1 Å². The van der Waals surface area contributed by atoms with E-state index in [2.05, 4.69) is 0 Å². The molecule has 0 unspecified atom stereocenters. The quantitative estimate of drug-likeness (QED) is 0.0507. The minimum Gasteiger partial charge on any atom is -0.460 e. The van der Waals surface area contributed by atoms with Gasteiger partial charge in [0.15, 0.2) is 0 Å². The fourth-order valence-corrected chi connectivity index (χ4v) is 4.33. The predicted molar refractivity (Wildman–Crippen MR) is 232 cm³/mol. The molecule has 382 valence electrons. The molecule has 0 saturated heterocycles. The smallest absolute Gasteiger partial charge is 0.333 e. The number of esters is 1. The molecular weight excluding hydrogens is 852 g/mol. The van der Waals surface area contributed by atoms with Gasteiger partial charge in [0.25, 0.3) is 0 Å². The van der Waals surface area contributed by atoms with Crippen molar-refractivity contribution >= 4 is 5.97 Å². The highest BCUT2D eigenvalue weighted by atomic mass is 16.6. The Hall–Kier alpha value is -1.55. The van der Waals surface area contributed by atoms with Crippen molar-refractivity contribution in [3.63, 3.8) is 0 Å². The van der Waals surface area contributed by atoms with Crippen molar-refractivity contribution in [3.05, 3.63) is 11.6 Å². The zero-order valence-electron chi connectivity index (χ0n) is 39.1. The summed E-state index contributed by atoms with van der Waals surface area (Å²) in [6, 6.07) is 0. The Labute approximate surface area is 381 Å². The van der Waals surface area contributed by atoms with Crippen LogP contribution in [-0.4, -0.2) is 262 Å². The topological polar surface area (TPSA) is 213 Å². The van der Waals surface area contributed by atoms with Crippen LogP contribution in [0.4, 0.5) is 0 Å². The van der Waals surface area contributed by atoms with Gasteiger partial charge in [0.05, 0.1) is 244 Å². The number of rotatable bonds is 57. The lowest BCUT2D eigenvalue weighted by molar-refractivity contribution is -0.140.